The molecule has 3 heterocycles. The minimum atomic E-state index is -0.0113. The molecule has 0 unspecified atom stereocenters. The monoisotopic (exact) mass is 383 g/mol. The molecule has 3 atom stereocenters. The number of methoxy groups -OCH3 is 1. The summed E-state index contributed by atoms with van der Waals surface area (Å²) in [6, 6.07) is 12.4. The molecular formula is C21H25N3O2S. The van der Waals surface area contributed by atoms with Gasteiger partial charge in [0, 0.05) is 18.0 Å². The Balaban J connectivity index is 1.73. The topological polar surface area (TPSA) is 47.0 Å². The normalized spacial score (nSPS) is 24.1. The Labute approximate surface area is 164 Å². The highest BCUT2D eigenvalue weighted by molar-refractivity contribution is 8.14. The first-order chi connectivity index (χ1) is 13.1. The maximum atomic E-state index is 5.89. The van der Waals surface area contributed by atoms with Crippen molar-refractivity contribution >= 4 is 16.9 Å². The Morgan fingerprint density at radius 3 is 2.74 bits per heavy atom. The van der Waals surface area contributed by atoms with Gasteiger partial charge in [0.2, 0.25) is 0 Å². The van der Waals surface area contributed by atoms with Crippen molar-refractivity contribution in [3.63, 3.8) is 0 Å². The van der Waals surface area contributed by atoms with Crippen molar-refractivity contribution in [2.75, 3.05) is 13.7 Å². The molecule has 1 aromatic heterocycles. The number of amidine groups is 1. The highest BCUT2D eigenvalue weighted by Crippen LogP contribution is 2.48. The summed E-state index contributed by atoms with van der Waals surface area (Å²) in [4.78, 5) is 12.0. The summed E-state index contributed by atoms with van der Waals surface area (Å²) in [5.74, 6) is 1.53. The van der Waals surface area contributed by atoms with E-state index in [1.54, 1.807) is 7.11 Å². The summed E-state index contributed by atoms with van der Waals surface area (Å²) in [5.41, 5.74) is 2.17. The molecule has 0 aliphatic carbocycles. The van der Waals surface area contributed by atoms with Gasteiger partial charge in [-0.2, -0.15) is 0 Å². The summed E-state index contributed by atoms with van der Waals surface area (Å²) in [5, 5.41) is 1.66. The number of pyridine rings is 1. The van der Waals surface area contributed by atoms with E-state index in [2.05, 4.69) is 35.0 Å². The molecule has 0 amide bonds. The lowest BCUT2D eigenvalue weighted by atomic mass is 9.96. The Bertz CT molecular complexity index is 841. The fraction of sp³-hybridized carbons (Fsp3) is 0.429. The van der Waals surface area contributed by atoms with Crippen LogP contribution in [-0.4, -0.2) is 40.1 Å². The van der Waals surface area contributed by atoms with E-state index in [1.165, 1.54) is 5.56 Å². The molecule has 1 saturated heterocycles. The van der Waals surface area contributed by atoms with Crippen molar-refractivity contribution in [1.29, 1.82) is 0 Å². The predicted molar refractivity (Wildman–Crippen MR) is 110 cm³/mol. The van der Waals surface area contributed by atoms with Gasteiger partial charge in [0.15, 0.2) is 16.7 Å². The second-order valence-electron chi connectivity index (χ2n) is 7.21. The Kier molecular flexibility index (Phi) is 5.00. The molecule has 2 aromatic rings. The number of nitrogens with zero attached hydrogens (tertiary/aromatic N) is 3. The quantitative estimate of drug-likeness (QED) is 0.762. The van der Waals surface area contributed by atoms with Crippen molar-refractivity contribution < 1.29 is 9.47 Å². The molecular weight excluding hydrogens is 358 g/mol. The second-order valence-corrected chi connectivity index (χ2v) is 8.62. The first kappa shape index (κ1) is 18.2. The van der Waals surface area contributed by atoms with Gasteiger partial charge >= 0.3 is 0 Å². The molecule has 142 valence electrons. The van der Waals surface area contributed by atoms with Crippen LogP contribution in [0, 0.1) is 0 Å². The third kappa shape index (κ3) is 3.50. The predicted octanol–water partition coefficient (Wildman–Crippen LogP) is 4.47. The standard InChI is InChI=1S/C21H25N3O2S/c1-13(2)26-17-9-8-15(11-18(17)25-4)20-19(16-7-5-6-10-22-16)23-21-24(20)12-14(3)27-21/h5-11,13-14,19-20H,12H2,1-4H3/t14-,19+,20+/m0/s1. The Hall–Kier alpha value is -2.21. The maximum absolute atomic E-state index is 5.89. The van der Waals surface area contributed by atoms with Gasteiger partial charge in [-0.05, 0) is 43.7 Å². The van der Waals surface area contributed by atoms with Crippen LogP contribution in [0.3, 0.4) is 0 Å². The largest absolute Gasteiger partial charge is 0.493 e. The molecule has 2 aliphatic heterocycles. The molecule has 6 heteroatoms. The number of fused-ring (bicyclic) bond motifs is 1. The van der Waals surface area contributed by atoms with Crippen molar-refractivity contribution in [2.45, 2.75) is 44.2 Å². The average molecular weight is 384 g/mol. The minimum absolute atomic E-state index is 0.0113. The molecule has 1 aromatic carbocycles. The van der Waals surface area contributed by atoms with Crippen LogP contribution >= 0.6 is 11.8 Å². The lowest BCUT2D eigenvalue weighted by Gasteiger charge is -2.28. The first-order valence-corrected chi connectivity index (χ1v) is 10.2. The van der Waals surface area contributed by atoms with E-state index < -0.39 is 0 Å². The lowest BCUT2D eigenvalue weighted by Crippen LogP contribution is -2.28. The van der Waals surface area contributed by atoms with E-state index in [-0.39, 0.29) is 18.2 Å². The zero-order chi connectivity index (χ0) is 19.0. The molecule has 27 heavy (non-hydrogen) atoms. The molecule has 0 spiro atoms. The molecule has 5 nitrogen and oxygen atoms in total. The minimum Gasteiger partial charge on any atom is -0.493 e. The van der Waals surface area contributed by atoms with Gasteiger partial charge in [0.25, 0.3) is 0 Å². The van der Waals surface area contributed by atoms with Crippen LogP contribution in [0.15, 0.2) is 47.6 Å². The van der Waals surface area contributed by atoms with Crippen LogP contribution in [0.25, 0.3) is 0 Å². The highest BCUT2D eigenvalue weighted by atomic mass is 32.2. The number of rotatable bonds is 5. The zero-order valence-electron chi connectivity index (χ0n) is 16.1. The van der Waals surface area contributed by atoms with Crippen LogP contribution in [0.2, 0.25) is 0 Å². The summed E-state index contributed by atoms with van der Waals surface area (Å²) in [7, 11) is 1.69. The summed E-state index contributed by atoms with van der Waals surface area (Å²) in [6.07, 6.45) is 1.94. The van der Waals surface area contributed by atoms with Crippen LogP contribution in [-0.2, 0) is 0 Å². The van der Waals surface area contributed by atoms with Crippen molar-refractivity contribution in [3.8, 4) is 11.5 Å². The van der Waals surface area contributed by atoms with E-state index in [0.717, 1.165) is 28.9 Å². The maximum Gasteiger partial charge on any atom is 0.161 e. The second kappa shape index (κ2) is 7.43. The van der Waals surface area contributed by atoms with Gasteiger partial charge in [-0.3, -0.25) is 9.98 Å². The first-order valence-electron chi connectivity index (χ1n) is 9.33. The summed E-state index contributed by atoms with van der Waals surface area (Å²) >= 11 is 1.85. The fourth-order valence-corrected chi connectivity index (χ4v) is 4.79. The van der Waals surface area contributed by atoms with E-state index in [4.69, 9.17) is 14.5 Å². The number of hydrogen-bond acceptors (Lipinski definition) is 6. The van der Waals surface area contributed by atoms with Crippen molar-refractivity contribution in [3.05, 3.63) is 53.9 Å². The van der Waals surface area contributed by atoms with E-state index in [0.29, 0.717) is 5.25 Å². The molecule has 0 saturated carbocycles. The van der Waals surface area contributed by atoms with Gasteiger partial charge < -0.3 is 14.4 Å². The van der Waals surface area contributed by atoms with Gasteiger partial charge in [0.1, 0.15) is 6.04 Å². The molecule has 4 rings (SSSR count). The smallest absolute Gasteiger partial charge is 0.161 e. The number of aliphatic imine (C=N–C) groups is 1. The summed E-state index contributed by atoms with van der Waals surface area (Å²) < 4.78 is 11.5. The van der Waals surface area contributed by atoms with Gasteiger partial charge in [-0.15, -0.1) is 0 Å². The number of thioether (sulfide) groups is 1. The SMILES string of the molecule is COc1cc([C@@H]2[C@@H](c3ccccn3)N=C3S[C@@H](C)CN32)ccc1OC(C)C. The number of aromatic nitrogens is 1. The fourth-order valence-electron chi connectivity index (χ4n) is 3.70. The zero-order valence-corrected chi connectivity index (χ0v) is 16.9. The molecule has 0 N–H and O–H groups in total. The van der Waals surface area contributed by atoms with Gasteiger partial charge in [0.05, 0.1) is 24.9 Å². The number of benzene rings is 1. The lowest BCUT2D eigenvalue weighted by molar-refractivity contribution is 0.229. The van der Waals surface area contributed by atoms with Crippen LogP contribution in [0.4, 0.5) is 0 Å². The Morgan fingerprint density at radius 2 is 2.04 bits per heavy atom. The van der Waals surface area contributed by atoms with Crippen LogP contribution < -0.4 is 9.47 Å². The van der Waals surface area contributed by atoms with Crippen LogP contribution in [0.5, 0.6) is 11.5 Å². The average Bonchev–Trinajstić information content (AvgIpc) is 3.18. The van der Waals surface area contributed by atoms with E-state index in [9.17, 15) is 0 Å². The van der Waals surface area contributed by atoms with Gasteiger partial charge in [-0.25, -0.2) is 0 Å². The van der Waals surface area contributed by atoms with Gasteiger partial charge in [-0.1, -0.05) is 30.8 Å². The van der Waals surface area contributed by atoms with E-state index >= 15 is 0 Å². The number of ether oxygens (including phenoxy) is 2. The van der Waals surface area contributed by atoms with Crippen molar-refractivity contribution in [2.24, 2.45) is 4.99 Å². The number of hydrogen-bond donors (Lipinski definition) is 0. The summed E-state index contributed by atoms with van der Waals surface area (Å²) in [6.45, 7) is 7.28. The molecule has 2 aliphatic rings. The van der Waals surface area contributed by atoms with Crippen molar-refractivity contribution in [1.82, 2.24) is 9.88 Å². The molecule has 0 bridgehead atoms. The highest BCUT2D eigenvalue weighted by Gasteiger charge is 2.43. The van der Waals surface area contributed by atoms with Crippen LogP contribution in [0.1, 0.15) is 44.1 Å². The van der Waals surface area contributed by atoms with E-state index in [1.807, 2.05) is 50.0 Å². The Morgan fingerprint density at radius 1 is 1.19 bits per heavy atom. The third-order valence-electron chi connectivity index (χ3n) is 4.77. The molecule has 0 radical (unpaired) electrons. The third-order valence-corrected chi connectivity index (χ3v) is 5.88. The molecule has 1 fully saturated rings.